The Morgan fingerprint density at radius 1 is 1.47 bits per heavy atom. The van der Waals surface area contributed by atoms with Crippen LogP contribution in [0.15, 0.2) is 29.3 Å². The van der Waals surface area contributed by atoms with Gasteiger partial charge >= 0.3 is 0 Å². The maximum Gasteiger partial charge on any atom is 0.134 e. The molecular formula is C13H17NO. The Morgan fingerprint density at radius 2 is 2.20 bits per heavy atom. The molecule has 2 heteroatoms. The minimum absolute atomic E-state index is 0.132. The zero-order valence-electron chi connectivity index (χ0n) is 9.33. The average Bonchev–Trinajstić information content (AvgIpc) is 2.99. The summed E-state index contributed by atoms with van der Waals surface area (Å²) < 4.78 is 0. The van der Waals surface area contributed by atoms with Crippen LogP contribution in [0.25, 0.3) is 0 Å². The van der Waals surface area contributed by atoms with Crippen LogP contribution in [0.1, 0.15) is 37.8 Å². The molecule has 0 aromatic heterocycles. The van der Waals surface area contributed by atoms with Crippen molar-refractivity contribution in [2.75, 3.05) is 6.73 Å². The normalized spacial score (nSPS) is 19.0. The number of nitrogens with zero attached hydrogens (tertiary/aromatic N) is 1. The fourth-order valence-corrected chi connectivity index (χ4v) is 1.79. The molecule has 0 radical (unpaired) electrons. The number of rotatable bonds is 3. The number of aliphatic imine (C=N–C) groups is 1. The highest BCUT2D eigenvalue weighted by Crippen LogP contribution is 2.47. The third-order valence-corrected chi connectivity index (χ3v) is 3.29. The predicted molar refractivity (Wildman–Crippen MR) is 62.3 cm³/mol. The number of benzene rings is 1. The molecule has 0 unspecified atom stereocenters. The molecule has 80 valence electrons. The van der Waals surface area contributed by atoms with E-state index in [0.717, 1.165) is 11.3 Å². The highest BCUT2D eigenvalue weighted by atomic mass is 16.3. The van der Waals surface area contributed by atoms with Crippen molar-refractivity contribution in [3.63, 3.8) is 0 Å². The summed E-state index contributed by atoms with van der Waals surface area (Å²) in [7, 11) is 0. The van der Waals surface area contributed by atoms with Crippen LogP contribution in [0.5, 0.6) is 0 Å². The summed E-state index contributed by atoms with van der Waals surface area (Å²) >= 11 is 0. The molecule has 2 nitrogen and oxygen atoms in total. The van der Waals surface area contributed by atoms with E-state index in [4.69, 9.17) is 5.11 Å². The third kappa shape index (κ3) is 2.10. The lowest BCUT2D eigenvalue weighted by Gasteiger charge is -2.10. The molecule has 1 aliphatic rings. The Kier molecular flexibility index (Phi) is 2.61. The fraction of sp³-hybridized carbons (Fsp3) is 0.462. The Bertz CT molecular complexity index is 391. The van der Waals surface area contributed by atoms with Crippen LogP contribution >= 0.6 is 0 Å². The van der Waals surface area contributed by atoms with Gasteiger partial charge in [0.1, 0.15) is 6.73 Å². The molecule has 1 N–H and O–H groups in total. The van der Waals surface area contributed by atoms with Crippen molar-refractivity contribution in [3.05, 3.63) is 35.4 Å². The monoisotopic (exact) mass is 203 g/mol. The first-order valence-electron chi connectivity index (χ1n) is 5.38. The van der Waals surface area contributed by atoms with Crippen LogP contribution in [0.4, 0.5) is 0 Å². The molecule has 0 atom stereocenters. The van der Waals surface area contributed by atoms with Crippen molar-refractivity contribution >= 4 is 5.71 Å². The predicted octanol–water partition coefficient (Wildman–Crippen LogP) is 2.50. The lowest BCUT2D eigenvalue weighted by Crippen LogP contribution is -2.03. The van der Waals surface area contributed by atoms with Crippen LogP contribution in [0.3, 0.4) is 0 Å². The van der Waals surface area contributed by atoms with Gasteiger partial charge in [0.25, 0.3) is 0 Å². The molecular weight excluding hydrogens is 186 g/mol. The van der Waals surface area contributed by atoms with Gasteiger partial charge < -0.3 is 5.11 Å². The molecule has 0 aliphatic heterocycles. The van der Waals surface area contributed by atoms with E-state index in [-0.39, 0.29) is 6.73 Å². The van der Waals surface area contributed by atoms with Gasteiger partial charge in [0.15, 0.2) is 0 Å². The second-order valence-corrected chi connectivity index (χ2v) is 4.53. The molecule has 0 bridgehead atoms. The topological polar surface area (TPSA) is 32.6 Å². The zero-order valence-corrected chi connectivity index (χ0v) is 9.33. The lowest BCUT2D eigenvalue weighted by molar-refractivity contribution is 0.309. The van der Waals surface area contributed by atoms with Gasteiger partial charge in [-0.25, -0.2) is 0 Å². The third-order valence-electron chi connectivity index (χ3n) is 3.29. The molecule has 15 heavy (non-hydrogen) atoms. The fourth-order valence-electron chi connectivity index (χ4n) is 1.79. The summed E-state index contributed by atoms with van der Waals surface area (Å²) in [5, 5.41) is 8.75. The number of hydrogen-bond donors (Lipinski definition) is 1. The number of aliphatic hydroxyl groups excluding tert-OH is 1. The van der Waals surface area contributed by atoms with Gasteiger partial charge in [-0.1, -0.05) is 25.1 Å². The van der Waals surface area contributed by atoms with E-state index >= 15 is 0 Å². The van der Waals surface area contributed by atoms with Gasteiger partial charge in [-0.15, -0.1) is 0 Å². The molecule has 1 aromatic rings. The largest absolute Gasteiger partial charge is 0.375 e. The molecule has 0 heterocycles. The van der Waals surface area contributed by atoms with E-state index in [1.807, 2.05) is 13.0 Å². The van der Waals surface area contributed by atoms with Gasteiger partial charge in [0.05, 0.1) is 0 Å². The SMILES string of the molecule is C/C(=N\CO)c1cccc(C2(C)CC2)c1. The van der Waals surface area contributed by atoms with E-state index in [9.17, 15) is 0 Å². The molecule has 1 aromatic carbocycles. The van der Waals surface area contributed by atoms with Crippen molar-refractivity contribution < 1.29 is 5.11 Å². The number of hydrogen-bond acceptors (Lipinski definition) is 2. The summed E-state index contributed by atoms with van der Waals surface area (Å²) in [5.41, 5.74) is 3.82. The smallest absolute Gasteiger partial charge is 0.134 e. The summed E-state index contributed by atoms with van der Waals surface area (Å²) in [6.07, 6.45) is 2.57. The number of aliphatic hydroxyl groups is 1. The molecule has 1 saturated carbocycles. The van der Waals surface area contributed by atoms with E-state index in [1.165, 1.54) is 18.4 Å². The molecule has 0 amide bonds. The van der Waals surface area contributed by atoms with Crippen molar-refractivity contribution in [2.45, 2.75) is 32.1 Å². The molecule has 1 aliphatic carbocycles. The van der Waals surface area contributed by atoms with Crippen LogP contribution in [0.2, 0.25) is 0 Å². The Hall–Kier alpha value is -1.15. The maximum absolute atomic E-state index is 8.75. The summed E-state index contributed by atoms with van der Waals surface area (Å²) in [5.74, 6) is 0. The molecule has 2 rings (SSSR count). The highest BCUT2D eigenvalue weighted by molar-refractivity contribution is 5.98. The maximum atomic E-state index is 8.75. The molecule has 0 saturated heterocycles. The Labute approximate surface area is 90.7 Å². The summed E-state index contributed by atoms with van der Waals surface area (Å²) in [4.78, 5) is 4.01. The zero-order chi connectivity index (χ0) is 10.9. The van der Waals surface area contributed by atoms with Gasteiger partial charge in [0, 0.05) is 5.71 Å². The first kappa shape index (κ1) is 10.4. The van der Waals surface area contributed by atoms with Gasteiger partial charge in [-0.2, -0.15) is 0 Å². The highest BCUT2D eigenvalue weighted by Gasteiger charge is 2.38. The van der Waals surface area contributed by atoms with Crippen LogP contribution < -0.4 is 0 Å². The summed E-state index contributed by atoms with van der Waals surface area (Å²) in [6.45, 7) is 4.10. The Balaban J connectivity index is 2.30. The Morgan fingerprint density at radius 3 is 2.80 bits per heavy atom. The lowest BCUT2D eigenvalue weighted by atomic mass is 9.95. The average molecular weight is 203 g/mol. The second-order valence-electron chi connectivity index (χ2n) is 4.53. The minimum Gasteiger partial charge on any atom is -0.375 e. The first-order valence-corrected chi connectivity index (χ1v) is 5.38. The van der Waals surface area contributed by atoms with Crippen molar-refractivity contribution in [2.24, 2.45) is 4.99 Å². The minimum atomic E-state index is -0.132. The van der Waals surface area contributed by atoms with Crippen molar-refractivity contribution in [1.82, 2.24) is 0 Å². The first-order chi connectivity index (χ1) is 7.15. The van der Waals surface area contributed by atoms with E-state index in [2.05, 4.69) is 30.1 Å². The van der Waals surface area contributed by atoms with Gasteiger partial charge in [-0.3, -0.25) is 4.99 Å². The van der Waals surface area contributed by atoms with E-state index in [1.54, 1.807) is 0 Å². The van der Waals surface area contributed by atoms with Gasteiger partial charge in [-0.05, 0) is 42.4 Å². The molecule has 1 fully saturated rings. The quantitative estimate of drug-likeness (QED) is 0.752. The van der Waals surface area contributed by atoms with E-state index in [0.29, 0.717) is 5.41 Å². The van der Waals surface area contributed by atoms with Gasteiger partial charge in [0.2, 0.25) is 0 Å². The van der Waals surface area contributed by atoms with Crippen molar-refractivity contribution in [3.8, 4) is 0 Å². The van der Waals surface area contributed by atoms with E-state index < -0.39 is 0 Å². The van der Waals surface area contributed by atoms with Crippen LogP contribution in [0, 0.1) is 0 Å². The van der Waals surface area contributed by atoms with Crippen LogP contribution in [-0.2, 0) is 5.41 Å². The standard InChI is InChI=1S/C13H17NO/c1-10(14-9-15)11-4-3-5-12(8-11)13(2)6-7-13/h3-5,8,15H,6-7,9H2,1-2H3/b14-10+. The van der Waals surface area contributed by atoms with Crippen molar-refractivity contribution in [1.29, 1.82) is 0 Å². The van der Waals surface area contributed by atoms with Crippen LogP contribution in [-0.4, -0.2) is 17.5 Å². The summed E-state index contributed by atoms with van der Waals surface area (Å²) in [6, 6.07) is 8.50. The molecule has 0 spiro atoms. The second kappa shape index (κ2) is 3.78.